The van der Waals surface area contributed by atoms with Gasteiger partial charge in [0.2, 0.25) is 5.91 Å². The number of hydrogen-bond donors (Lipinski definition) is 1. The Kier molecular flexibility index (Phi) is 4.03. The van der Waals surface area contributed by atoms with Crippen molar-refractivity contribution in [2.45, 2.75) is 20.8 Å². The Morgan fingerprint density at radius 1 is 1.25 bits per heavy atom. The van der Waals surface area contributed by atoms with E-state index >= 15 is 0 Å². The van der Waals surface area contributed by atoms with Crippen molar-refractivity contribution < 1.29 is 14.0 Å². The number of furan rings is 1. The first-order chi connectivity index (χ1) is 9.51. The summed E-state index contributed by atoms with van der Waals surface area (Å²) in [7, 11) is 0. The van der Waals surface area contributed by atoms with E-state index in [9.17, 15) is 9.59 Å². The lowest BCUT2D eigenvalue weighted by Gasteiger charge is -2.11. The number of hydrogen-bond acceptors (Lipinski definition) is 3. The van der Waals surface area contributed by atoms with Crippen molar-refractivity contribution in [1.29, 1.82) is 0 Å². The molecule has 1 aromatic carbocycles. The van der Waals surface area contributed by atoms with Gasteiger partial charge in [0.25, 0.3) is 0 Å². The van der Waals surface area contributed by atoms with Gasteiger partial charge in [-0.15, -0.1) is 0 Å². The lowest BCUT2D eigenvalue weighted by molar-refractivity contribution is -0.118. The van der Waals surface area contributed by atoms with Crippen LogP contribution in [-0.4, -0.2) is 12.2 Å². The second kappa shape index (κ2) is 5.74. The molecule has 1 heterocycles. The molecule has 1 amide bonds. The third-order valence-electron chi connectivity index (χ3n) is 3.05. The highest BCUT2D eigenvalue weighted by molar-refractivity contribution is 5.93. The fourth-order valence-corrected chi connectivity index (χ4v) is 1.76. The van der Waals surface area contributed by atoms with Crippen LogP contribution >= 0.6 is 0 Å². The molecule has 0 bridgehead atoms. The maximum absolute atomic E-state index is 11.8. The number of aryl methyl sites for hydroxylation is 1. The molecule has 0 saturated carbocycles. The topological polar surface area (TPSA) is 59.3 Å². The number of nitrogens with one attached hydrogen (secondary N) is 1. The maximum atomic E-state index is 11.8. The van der Waals surface area contributed by atoms with E-state index in [0.29, 0.717) is 12.0 Å². The summed E-state index contributed by atoms with van der Waals surface area (Å²) in [5.41, 5.74) is 2.55. The summed E-state index contributed by atoms with van der Waals surface area (Å²) in [6, 6.07) is 9.02. The van der Waals surface area contributed by atoms with Gasteiger partial charge in [-0.3, -0.25) is 9.59 Å². The molecule has 20 heavy (non-hydrogen) atoms. The molecule has 0 fully saturated rings. The van der Waals surface area contributed by atoms with Crippen LogP contribution in [0.25, 0.3) is 11.3 Å². The van der Waals surface area contributed by atoms with Gasteiger partial charge in [0, 0.05) is 17.2 Å². The first-order valence-corrected chi connectivity index (χ1v) is 6.48. The van der Waals surface area contributed by atoms with Gasteiger partial charge in [0.05, 0.1) is 0 Å². The molecule has 0 atom stereocenters. The minimum Gasteiger partial charge on any atom is -0.453 e. The molecular weight excluding hydrogens is 254 g/mol. The fraction of sp³-hybridized carbons (Fsp3) is 0.250. The van der Waals surface area contributed by atoms with Crippen molar-refractivity contribution in [3.63, 3.8) is 0 Å². The average molecular weight is 271 g/mol. The van der Waals surface area contributed by atoms with Gasteiger partial charge in [-0.25, -0.2) is 0 Å². The molecule has 1 N–H and O–H groups in total. The highest BCUT2D eigenvalue weighted by Crippen LogP contribution is 2.27. The predicted molar refractivity (Wildman–Crippen MR) is 77.7 cm³/mol. The molecule has 0 aliphatic rings. The van der Waals surface area contributed by atoms with Crippen LogP contribution in [0.2, 0.25) is 0 Å². The molecule has 1 aromatic heterocycles. The van der Waals surface area contributed by atoms with Crippen molar-refractivity contribution in [2.75, 3.05) is 5.32 Å². The Labute approximate surface area is 117 Å². The molecule has 104 valence electrons. The van der Waals surface area contributed by atoms with Gasteiger partial charge in [0.1, 0.15) is 5.76 Å². The molecule has 0 radical (unpaired) electrons. The van der Waals surface area contributed by atoms with Gasteiger partial charge in [-0.2, -0.15) is 0 Å². The summed E-state index contributed by atoms with van der Waals surface area (Å²) in [6.07, 6.45) is 0.666. The minimum atomic E-state index is -0.0802. The van der Waals surface area contributed by atoms with Gasteiger partial charge < -0.3 is 9.73 Å². The van der Waals surface area contributed by atoms with E-state index in [4.69, 9.17) is 4.42 Å². The largest absolute Gasteiger partial charge is 0.453 e. The van der Waals surface area contributed by atoms with Crippen LogP contribution in [0.15, 0.2) is 34.7 Å². The Bertz CT molecular complexity index is 641. The van der Waals surface area contributed by atoms with Crippen molar-refractivity contribution in [1.82, 2.24) is 0 Å². The molecule has 0 unspecified atom stereocenters. The second-order valence-corrected chi connectivity index (χ2v) is 4.99. The summed E-state index contributed by atoms with van der Waals surface area (Å²) in [6.45, 7) is 5.62. The van der Waals surface area contributed by atoms with Gasteiger partial charge in [0.15, 0.2) is 12.0 Å². The highest BCUT2D eigenvalue weighted by atomic mass is 16.3. The summed E-state index contributed by atoms with van der Waals surface area (Å²) in [5, 5.41) is 2.89. The van der Waals surface area contributed by atoms with E-state index in [1.54, 1.807) is 12.1 Å². The van der Waals surface area contributed by atoms with Crippen LogP contribution in [0, 0.1) is 12.8 Å². The number of anilines is 1. The monoisotopic (exact) mass is 271 g/mol. The van der Waals surface area contributed by atoms with Crippen molar-refractivity contribution in [2.24, 2.45) is 5.92 Å². The normalized spacial score (nSPS) is 10.6. The van der Waals surface area contributed by atoms with Crippen LogP contribution in [-0.2, 0) is 4.79 Å². The molecule has 0 aliphatic carbocycles. The summed E-state index contributed by atoms with van der Waals surface area (Å²) in [5.74, 6) is 0.780. The first kappa shape index (κ1) is 14.1. The number of benzene rings is 1. The number of carbonyl (C=O) groups is 2. The lowest BCUT2D eigenvalue weighted by atomic mass is 10.1. The second-order valence-electron chi connectivity index (χ2n) is 4.99. The van der Waals surface area contributed by atoms with Crippen LogP contribution in [0.1, 0.15) is 30.0 Å². The first-order valence-electron chi connectivity index (χ1n) is 6.48. The minimum absolute atomic E-state index is 0.0294. The molecule has 0 aliphatic heterocycles. The number of aldehydes is 1. The molecule has 4 heteroatoms. The Balaban J connectivity index is 2.32. The van der Waals surface area contributed by atoms with E-state index in [2.05, 4.69) is 5.32 Å². The van der Waals surface area contributed by atoms with Crippen LogP contribution in [0.3, 0.4) is 0 Å². The zero-order chi connectivity index (χ0) is 14.7. The van der Waals surface area contributed by atoms with E-state index < -0.39 is 0 Å². The quantitative estimate of drug-likeness (QED) is 0.863. The molecule has 0 saturated heterocycles. The standard InChI is InChI=1S/C16H17NO3/c1-10(2)16(19)17-14-8-12(5-4-11(14)3)15-7-6-13(9-18)20-15/h4-10H,1-3H3,(H,17,19). The molecule has 4 nitrogen and oxygen atoms in total. The SMILES string of the molecule is Cc1ccc(-c2ccc(C=O)o2)cc1NC(=O)C(C)C. The third kappa shape index (κ3) is 2.96. The van der Waals surface area contributed by atoms with Crippen LogP contribution < -0.4 is 5.32 Å². The van der Waals surface area contributed by atoms with Gasteiger partial charge in [-0.05, 0) is 30.7 Å². The van der Waals surface area contributed by atoms with E-state index in [1.165, 1.54) is 0 Å². The summed E-state index contributed by atoms with van der Waals surface area (Å²) in [4.78, 5) is 22.4. The predicted octanol–water partition coefficient (Wildman–Crippen LogP) is 3.66. The van der Waals surface area contributed by atoms with Crippen molar-refractivity contribution >= 4 is 17.9 Å². The van der Waals surface area contributed by atoms with E-state index in [0.717, 1.165) is 16.8 Å². The van der Waals surface area contributed by atoms with E-state index in [1.807, 2.05) is 39.0 Å². The fourth-order valence-electron chi connectivity index (χ4n) is 1.76. The summed E-state index contributed by atoms with van der Waals surface area (Å²) < 4.78 is 5.39. The number of amides is 1. The molecule has 2 aromatic rings. The zero-order valence-electron chi connectivity index (χ0n) is 11.8. The highest BCUT2D eigenvalue weighted by Gasteiger charge is 2.11. The smallest absolute Gasteiger partial charge is 0.226 e. The van der Waals surface area contributed by atoms with Gasteiger partial charge in [-0.1, -0.05) is 26.0 Å². The number of carbonyl (C=O) groups excluding carboxylic acids is 2. The number of rotatable bonds is 4. The Hall–Kier alpha value is -2.36. The molecular formula is C16H17NO3. The third-order valence-corrected chi connectivity index (χ3v) is 3.05. The lowest BCUT2D eigenvalue weighted by Crippen LogP contribution is -2.18. The van der Waals surface area contributed by atoms with Crippen LogP contribution in [0.4, 0.5) is 5.69 Å². The van der Waals surface area contributed by atoms with Gasteiger partial charge >= 0.3 is 0 Å². The molecule has 0 spiro atoms. The Morgan fingerprint density at radius 2 is 2.00 bits per heavy atom. The average Bonchev–Trinajstić information content (AvgIpc) is 2.89. The summed E-state index contributed by atoms with van der Waals surface area (Å²) >= 11 is 0. The van der Waals surface area contributed by atoms with Crippen molar-refractivity contribution in [3.05, 3.63) is 41.7 Å². The van der Waals surface area contributed by atoms with E-state index in [-0.39, 0.29) is 17.6 Å². The molecule has 2 rings (SSSR count). The van der Waals surface area contributed by atoms with Crippen molar-refractivity contribution in [3.8, 4) is 11.3 Å². The maximum Gasteiger partial charge on any atom is 0.226 e. The van der Waals surface area contributed by atoms with Crippen LogP contribution in [0.5, 0.6) is 0 Å². The Morgan fingerprint density at radius 3 is 2.60 bits per heavy atom. The zero-order valence-corrected chi connectivity index (χ0v) is 11.8.